The van der Waals surface area contributed by atoms with Crippen molar-refractivity contribution in [1.82, 2.24) is 4.90 Å². The third-order valence-electron chi connectivity index (χ3n) is 4.40. The second kappa shape index (κ2) is 5.79. The fraction of sp³-hybridized carbons (Fsp3) is 0.278. The van der Waals surface area contributed by atoms with E-state index in [2.05, 4.69) is 0 Å². The molecule has 2 aliphatic rings. The minimum atomic E-state index is -0.642. The summed E-state index contributed by atoms with van der Waals surface area (Å²) in [5.41, 5.74) is 1.06. The Labute approximate surface area is 138 Å². The van der Waals surface area contributed by atoms with Crippen LogP contribution in [0.5, 0.6) is 11.5 Å². The molecule has 0 radical (unpaired) electrons. The molecule has 1 N–H and O–H groups in total. The highest BCUT2D eigenvalue weighted by molar-refractivity contribution is 5.98. The first kappa shape index (κ1) is 15.0. The summed E-state index contributed by atoms with van der Waals surface area (Å²) in [7, 11) is 0. The molecule has 0 spiro atoms. The quantitative estimate of drug-likeness (QED) is 0.920. The van der Waals surface area contributed by atoms with Crippen molar-refractivity contribution < 1.29 is 23.8 Å². The van der Waals surface area contributed by atoms with E-state index >= 15 is 0 Å². The van der Waals surface area contributed by atoms with Gasteiger partial charge in [-0.25, -0.2) is 4.39 Å². The number of fused-ring (bicyclic) bond motifs is 1. The van der Waals surface area contributed by atoms with E-state index in [9.17, 15) is 14.3 Å². The summed E-state index contributed by atoms with van der Waals surface area (Å²) in [6.07, 6.45) is -0.266. The summed E-state index contributed by atoms with van der Waals surface area (Å²) < 4.78 is 24.3. The topological polar surface area (TPSA) is 59.0 Å². The molecule has 6 heteroatoms. The number of β-amino-alcohol motifs (C(OH)–C–C–N with tert-alkyl or cyclic N) is 1. The van der Waals surface area contributed by atoms with E-state index in [4.69, 9.17) is 9.47 Å². The maximum atomic E-state index is 13.5. The minimum Gasteiger partial charge on any atom is -0.454 e. The molecule has 1 saturated heterocycles. The number of hydrogen-bond acceptors (Lipinski definition) is 4. The predicted octanol–water partition coefficient (Wildman–Crippen LogP) is 2.50. The van der Waals surface area contributed by atoms with Crippen LogP contribution in [0.25, 0.3) is 0 Å². The monoisotopic (exact) mass is 329 g/mol. The minimum absolute atomic E-state index is 0.0789. The zero-order valence-electron chi connectivity index (χ0n) is 12.8. The van der Waals surface area contributed by atoms with E-state index in [-0.39, 0.29) is 31.1 Å². The average Bonchev–Trinajstić information content (AvgIpc) is 3.20. The first-order valence-corrected chi connectivity index (χ1v) is 7.76. The van der Waals surface area contributed by atoms with Gasteiger partial charge in [0.25, 0.3) is 5.91 Å². The van der Waals surface area contributed by atoms with Crippen molar-refractivity contribution in [2.75, 3.05) is 13.3 Å². The summed E-state index contributed by atoms with van der Waals surface area (Å²) in [5, 5.41) is 10.0. The van der Waals surface area contributed by atoms with Gasteiger partial charge >= 0.3 is 0 Å². The van der Waals surface area contributed by atoms with Crippen LogP contribution in [0.4, 0.5) is 4.39 Å². The fourth-order valence-corrected chi connectivity index (χ4v) is 3.32. The van der Waals surface area contributed by atoms with Gasteiger partial charge in [0.2, 0.25) is 6.79 Å². The van der Waals surface area contributed by atoms with Crippen molar-refractivity contribution in [1.29, 1.82) is 0 Å². The third-order valence-corrected chi connectivity index (χ3v) is 4.40. The molecule has 2 aromatic rings. The van der Waals surface area contributed by atoms with Crippen molar-refractivity contribution in [3.05, 3.63) is 59.4 Å². The lowest BCUT2D eigenvalue weighted by molar-refractivity contribution is 0.0711. The summed E-state index contributed by atoms with van der Waals surface area (Å²) in [4.78, 5) is 14.6. The Morgan fingerprint density at radius 3 is 2.88 bits per heavy atom. The van der Waals surface area contributed by atoms with E-state index in [0.717, 1.165) is 0 Å². The molecule has 4 rings (SSSR count). The number of ether oxygens (including phenoxy) is 2. The zero-order valence-corrected chi connectivity index (χ0v) is 12.8. The number of rotatable bonds is 2. The molecule has 2 atom stereocenters. The molecule has 124 valence electrons. The molecule has 1 amide bonds. The molecule has 2 heterocycles. The van der Waals surface area contributed by atoms with Gasteiger partial charge in [0.1, 0.15) is 5.82 Å². The maximum absolute atomic E-state index is 13.5. The summed E-state index contributed by atoms with van der Waals surface area (Å²) >= 11 is 0. The van der Waals surface area contributed by atoms with Crippen molar-refractivity contribution >= 4 is 5.91 Å². The lowest BCUT2D eigenvalue weighted by Crippen LogP contribution is -2.32. The van der Waals surface area contributed by atoms with E-state index < -0.39 is 6.10 Å². The average molecular weight is 329 g/mol. The van der Waals surface area contributed by atoms with Gasteiger partial charge in [0, 0.05) is 6.54 Å². The molecule has 5 nitrogen and oxygen atoms in total. The Bertz CT molecular complexity index is 794. The molecule has 0 aliphatic carbocycles. The summed E-state index contributed by atoms with van der Waals surface area (Å²) in [6.45, 7) is 0.278. The Balaban J connectivity index is 1.69. The number of para-hydroxylation sites is 1. The number of aliphatic hydroxyl groups is 1. The predicted molar refractivity (Wildman–Crippen MR) is 83.4 cm³/mol. The SMILES string of the molecule is O=C(c1cccc2c1OCO2)N1C[C@H](O)C[C@@H]1c1cccc(F)c1. The fourth-order valence-electron chi connectivity index (χ4n) is 3.32. The van der Waals surface area contributed by atoms with Crippen molar-refractivity contribution in [3.8, 4) is 11.5 Å². The van der Waals surface area contributed by atoms with Gasteiger partial charge in [0.15, 0.2) is 11.5 Å². The highest BCUT2D eigenvalue weighted by Crippen LogP contribution is 2.39. The molecule has 2 aliphatic heterocycles. The molecule has 2 aromatic carbocycles. The first-order chi connectivity index (χ1) is 11.6. The molecule has 0 unspecified atom stereocenters. The van der Waals surface area contributed by atoms with E-state index in [1.807, 2.05) is 0 Å². The van der Waals surface area contributed by atoms with Crippen molar-refractivity contribution in [2.45, 2.75) is 18.6 Å². The molecule has 24 heavy (non-hydrogen) atoms. The number of carbonyl (C=O) groups excluding carboxylic acids is 1. The Morgan fingerprint density at radius 1 is 1.21 bits per heavy atom. The normalized spacial score (nSPS) is 22.0. The number of carbonyl (C=O) groups is 1. The van der Waals surface area contributed by atoms with Crippen LogP contribution in [-0.2, 0) is 0 Å². The Hall–Kier alpha value is -2.60. The van der Waals surface area contributed by atoms with Gasteiger partial charge in [0.05, 0.1) is 17.7 Å². The second-order valence-corrected chi connectivity index (χ2v) is 5.96. The number of aliphatic hydroxyl groups excluding tert-OH is 1. The molecular formula is C18H16FNO4. The maximum Gasteiger partial charge on any atom is 0.258 e. The van der Waals surface area contributed by atoms with Crippen LogP contribution in [0.15, 0.2) is 42.5 Å². The van der Waals surface area contributed by atoms with Crippen LogP contribution >= 0.6 is 0 Å². The van der Waals surface area contributed by atoms with Crippen molar-refractivity contribution in [2.24, 2.45) is 0 Å². The van der Waals surface area contributed by atoms with E-state index in [1.165, 1.54) is 12.1 Å². The molecular weight excluding hydrogens is 313 g/mol. The lowest BCUT2D eigenvalue weighted by atomic mass is 10.0. The Kier molecular flexibility index (Phi) is 3.61. The smallest absolute Gasteiger partial charge is 0.258 e. The van der Waals surface area contributed by atoms with Gasteiger partial charge in [-0.3, -0.25) is 4.79 Å². The number of hydrogen-bond donors (Lipinski definition) is 1. The van der Waals surface area contributed by atoms with Gasteiger partial charge in [-0.15, -0.1) is 0 Å². The number of halogens is 1. The standard InChI is InChI=1S/C18H16FNO4/c19-12-4-1-3-11(7-12)15-8-13(21)9-20(15)18(22)14-5-2-6-16-17(14)24-10-23-16/h1-7,13,15,21H,8-10H2/t13-,15-/m1/s1. The van der Waals surface area contributed by atoms with Gasteiger partial charge in [-0.05, 0) is 36.2 Å². The van der Waals surface area contributed by atoms with Crippen LogP contribution in [0.1, 0.15) is 28.4 Å². The molecule has 0 saturated carbocycles. The van der Waals surface area contributed by atoms with Crippen LogP contribution in [0, 0.1) is 5.82 Å². The number of likely N-dealkylation sites (tertiary alicyclic amines) is 1. The third kappa shape index (κ3) is 2.49. The molecule has 0 aromatic heterocycles. The van der Waals surface area contributed by atoms with E-state index in [0.29, 0.717) is 29.0 Å². The molecule has 1 fully saturated rings. The number of nitrogens with zero attached hydrogens (tertiary/aromatic N) is 1. The summed E-state index contributed by atoms with van der Waals surface area (Å²) in [5.74, 6) is 0.326. The largest absolute Gasteiger partial charge is 0.454 e. The van der Waals surface area contributed by atoms with Gasteiger partial charge in [-0.1, -0.05) is 18.2 Å². The first-order valence-electron chi connectivity index (χ1n) is 7.76. The van der Waals surface area contributed by atoms with Crippen LogP contribution in [-0.4, -0.2) is 35.4 Å². The van der Waals surface area contributed by atoms with Crippen LogP contribution in [0.3, 0.4) is 0 Å². The lowest BCUT2D eigenvalue weighted by Gasteiger charge is -2.25. The van der Waals surface area contributed by atoms with Gasteiger partial charge < -0.3 is 19.5 Å². The number of benzene rings is 2. The summed E-state index contributed by atoms with van der Waals surface area (Å²) in [6, 6.07) is 10.9. The van der Waals surface area contributed by atoms with Crippen LogP contribution in [0.2, 0.25) is 0 Å². The Morgan fingerprint density at radius 2 is 2.04 bits per heavy atom. The van der Waals surface area contributed by atoms with Gasteiger partial charge in [-0.2, -0.15) is 0 Å². The van der Waals surface area contributed by atoms with Crippen molar-refractivity contribution in [3.63, 3.8) is 0 Å². The van der Waals surface area contributed by atoms with E-state index in [1.54, 1.807) is 35.2 Å². The van der Waals surface area contributed by atoms with Crippen LogP contribution < -0.4 is 9.47 Å². The molecule has 0 bridgehead atoms. The number of amides is 1. The second-order valence-electron chi connectivity index (χ2n) is 5.96. The zero-order chi connectivity index (χ0) is 16.7. The highest BCUT2D eigenvalue weighted by atomic mass is 19.1. The highest BCUT2D eigenvalue weighted by Gasteiger charge is 2.37.